The number of aryl methyl sites for hydroxylation is 2. The van der Waals surface area contributed by atoms with Crippen LogP contribution in [0.4, 0.5) is 25.4 Å². The highest BCUT2D eigenvalue weighted by molar-refractivity contribution is 5.98. The van der Waals surface area contributed by atoms with E-state index in [4.69, 9.17) is 4.74 Å². The first kappa shape index (κ1) is 39.8. The lowest BCUT2D eigenvalue weighted by Gasteiger charge is -2.45. The molecule has 8 rings (SSSR count). The third-order valence-electron chi connectivity index (χ3n) is 11.2. The molecule has 308 valence electrons. The number of para-hydroxylation sites is 1. The number of amides is 4. The van der Waals surface area contributed by atoms with Crippen LogP contribution in [0.15, 0.2) is 103 Å². The van der Waals surface area contributed by atoms with E-state index in [0.717, 1.165) is 43.2 Å². The molecule has 2 fully saturated rings. The zero-order valence-corrected chi connectivity index (χ0v) is 33.3. The van der Waals surface area contributed by atoms with Crippen LogP contribution in [0.1, 0.15) is 44.1 Å². The Hall–Kier alpha value is -7.04. The maximum Gasteiger partial charge on any atom is 0.439 e. The lowest BCUT2D eigenvalue weighted by Crippen LogP contribution is -2.61. The van der Waals surface area contributed by atoms with Crippen molar-refractivity contribution >= 4 is 29.4 Å². The van der Waals surface area contributed by atoms with E-state index in [1.807, 2.05) is 11.0 Å². The van der Waals surface area contributed by atoms with Crippen molar-refractivity contribution in [2.24, 2.45) is 25.9 Å². The van der Waals surface area contributed by atoms with E-state index in [1.54, 1.807) is 104 Å². The minimum atomic E-state index is -0.844. The Morgan fingerprint density at radius 2 is 1.40 bits per heavy atom. The van der Waals surface area contributed by atoms with Gasteiger partial charge in [0.15, 0.2) is 11.6 Å². The average Bonchev–Trinajstić information content (AvgIpc) is 3.91. The molecule has 6 aromatic rings. The van der Waals surface area contributed by atoms with Crippen molar-refractivity contribution < 1.29 is 23.5 Å². The highest BCUT2D eigenvalue weighted by Gasteiger charge is 2.44. The molecule has 4 aromatic carbocycles. The lowest BCUT2D eigenvalue weighted by molar-refractivity contribution is -0.140. The Kier molecular flexibility index (Phi) is 11.8. The first-order chi connectivity index (χ1) is 29.2. The van der Waals surface area contributed by atoms with Gasteiger partial charge in [0, 0.05) is 44.0 Å². The normalized spacial score (nSPS) is 17.8. The molecule has 1 saturated carbocycles. The Morgan fingerprint density at radius 1 is 0.767 bits per heavy atom. The number of benzene rings is 4. The highest BCUT2D eigenvalue weighted by Crippen LogP contribution is 2.36. The van der Waals surface area contributed by atoms with Crippen LogP contribution in [-0.4, -0.2) is 87.5 Å². The molecule has 0 radical (unpaired) electrons. The third-order valence-corrected chi connectivity index (χ3v) is 11.2. The van der Waals surface area contributed by atoms with Crippen LogP contribution < -0.4 is 15.1 Å². The molecule has 1 aliphatic carbocycles. The second kappa shape index (κ2) is 17.8. The molecular weight excluding hydrogens is 768 g/mol. The number of hydrogen-bond acceptors (Lipinski definition) is 10. The van der Waals surface area contributed by atoms with Gasteiger partial charge in [0.25, 0.3) is 0 Å². The molecule has 0 bridgehead atoms. The largest absolute Gasteiger partial charge is 0.439 e. The number of urea groups is 1. The van der Waals surface area contributed by atoms with Gasteiger partial charge in [-0.25, -0.2) is 28.4 Å². The zero-order valence-electron chi connectivity index (χ0n) is 33.3. The van der Waals surface area contributed by atoms with Crippen LogP contribution in [-0.2, 0) is 25.3 Å². The van der Waals surface area contributed by atoms with Crippen molar-refractivity contribution in [3.63, 3.8) is 0 Å². The van der Waals surface area contributed by atoms with Gasteiger partial charge in [-0.05, 0) is 137 Å². The number of carbonyl (C=O) groups excluding carboxylic acids is 3. The monoisotopic (exact) mass is 812 g/mol. The van der Waals surface area contributed by atoms with Gasteiger partial charge >= 0.3 is 12.1 Å². The number of ether oxygens (including phenoxy) is 1. The summed E-state index contributed by atoms with van der Waals surface area (Å²) < 4.78 is 22.7. The SMILES string of the molecule is Cn1nnnc1-c1ccc(NC(=O)N(C2CCCCC2C(=O)N2CCCC(Cc3ccc(F)cc3)C2)N(C(=O)Oc2ccccc2)c2ccc(-c3nnnn3C)cc2)cc1. The van der Waals surface area contributed by atoms with Crippen LogP contribution >= 0.6 is 0 Å². The van der Waals surface area contributed by atoms with Gasteiger partial charge in [-0.15, -0.1) is 10.2 Å². The van der Waals surface area contributed by atoms with Gasteiger partial charge in [-0.2, -0.15) is 5.01 Å². The minimum Gasteiger partial charge on any atom is -0.409 e. The van der Waals surface area contributed by atoms with Crippen LogP contribution in [0.5, 0.6) is 5.75 Å². The molecule has 17 heteroatoms. The predicted molar refractivity (Wildman–Crippen MR) is 219 cm³/mol. The van der Waals surface area contributed by atoms with Crippen molar-refractivity contribution in [1.29, 1.82) is 0 Å². The summed E-state index contributed by atoms with van der Waals surface area (Å²) in [7, 11) is 3.46. The summed E-state index contributed by atoms with van der Waals surface area (Å²) in [6.07, 6.45) is 4.12. The molecule has 60 heavy (non-hydrogen) atoms. The second-order valence-corrected chi connectivity index (χ2v) is 15.2. The number of piperidine rings is 1. The lowest BCUT2D eigenvalue weighted by atomic mass is 9.82. The summed E-state index contributed by atoms with van der Waals surface area (Å²) in [5.74, 6) is 0.543. The number of likely N-dealkylation sites (tertiary alicyclic amines) is 1. The van der Waals surface area contributed by atoms with Gasteiger partial charge in [0.1, 0.15) is 11.6 Å². The second-order valence-electron chi connectivity index (χ2n) is 15.2. The molecular formula is C43H45FN12O4. The summed E-state index contributed by atoms with van der Waals surface area (Å²) in [5, 5.41) is 29.1. The molecule has 1 saturated heterocycles. The first-order valence-corrected chi connectivity index (χ1v) is 20.1. The smallest absolute Gasteiger partial charge is 0.409 e. The number of halogens is 1. The number of rotatable bonds is 9. The molecule has 4 amide bonds. The fraction of sp³-hybridized carbons (Fsp3) is 0.326. The number of hydrogen-bond donors (Lipinski definition) is 1. The number of aromatic nitrogens is 8. The molecule has 2 aromatic heterocycles. The number of nitrogens with one attached hydrogen (secondary N) is 1. The Bertz CT molecular complexity index is 2410. The first-order valence-electron chi connectivity index (χ1n) is 20.1. The summed E-state index contributed by atoms with van der Waals surface area (Å²) in [6, 6.07) is 27.7. The van der Waals surface area contributed by atoms with Crippen LogP contribution in [0.2, 0.25) is 0 Å². The molecule has 2 aliphatic rings. The number of carbonyl (C=O) groups is 3. The van der Waals surface area contributed by atoms with Crippen LogP contribution in [0, 0.1) is 17.7 Å². The number of tetrazole rings is 2. The molecule has 3 unspecified atom stereocenters. The molecule has 3 heterocycles. The topological polar surface area (TPSA) is 169 Å². The third kappa shape index (κ3) is 8.84. The van der Waals surface area contributed by atoms with Gasteiger partial charge < -0.3 is 15.0 Å². The summed E-state index contributed by atoms with van der Waals surface area (Å²) in [5.41, 5.74) is 3.21. The number of nitrogens with zero attached hydrogens (tertiary/aromatic N) is 11. The van der Waals surface area contributed by atoms with E-state index < -0.39 is 24.1 Å². The van der Waals surface area contributed by atoms with Gasteiger partial charge in [-0.1, -0.05) is 43.2 Å². The van der Waals surface area contributed by atoms with Gasteiger partial charge in [0.05, 0.1) is 17.6 Å². The van der Waals surface area contributed by atoms with Crippen LogP contribution in [0.3, 0.4) is 0 Å². The fourth-order valence-electron chi connectivity index (χ4n) is 8.24. The predicted octanol–water partition coefficient (Wildman–Crippen LogP) is 6.70. The summed E-state index contributed by atoms with van der Waals surface area (Å²) in [4.78, 5) is 46.4. The maximum absolute atomic E-state index is 15.0. The van der Waals surface area contributed by atoms with E-state index in [-0.39, 0.29) is 23.4 Å². The summed E-state index contributed by atoms with van der Waals surface area (Å²) in [6.45, 7) is 1.12. The van der Waals surface area contributed by atoms with Crippen molar-refractivity contribution in [3.8, 4) is 28.5 Å². The van der Waals surface area contributed by atoms with E-state index >= 15 is 4.79 Å². The van der Waals surface area contributed by atoms with Crippen molar-refractivity contribution in [3.05, 3.63) is 115 Å². The average molecular weight is 813 g/mol. The number of hydrazine groups is 1. The molecule has 1 N–H and O–H groups in total. The van der Waals surface area contributed by atoms with Crippen molar-refractivity contribution in [2.45, 2.75) is 51.0 Å². The van der Waals surface area contributed by atoms with Gasteiger partial charge in [0.2, 0.25) is 5.91 Å². The Morgan fingerprint density at radius 3 is 2.03 bits per heavy atom. The zero-order chi connectivity index (χ0) is 41.6. The molecule has 0 spiro atoms. The van der Waals surface area contributed by atoms with E-state index in [2.05, 4.69) is 36.4 Å². The van der Waals surface area contributed by atoms with Crippen molar-refractivity contribution in [1.82, 2.24) is 50.3 Å². The maximum atomic E-state index is 15.0. The Balaban J connectivity index is 1.15. The summed E-state index contributed by atoms with van der Waals surface area (Å²) >= 11 is 0. The minimum absolute atomic E-state index is 0.0653. The number of anilines is 2. The van der Waals surface area contributed by atoms with Crippen molar-refractivity contribution in [2.75, 3.05) is 23.4 Å². The Labute approximate surface area is 345 Å². The quantitative estimate of drug-likeness (QED) is 0.155. The fourth-order valence-corrected chi connectivity index (χ4v) is 8.24. The van der Waals surface area contributed by atoms with E-state index in [0.29, 0.717) is 54.5 Å². The molecule has 3 atom stereocenters. The molecule has 16 nitrogen and oxygen atoms in total. The highest BCUT2D eigenvalue weighted by atomic mass is 19.1. The van der Waals surface area contributed by atoms with Gasteiger partial charge in [-0.3, -0.25) is 4.79 Å². The molecule has 1 aliphatic heterocycles. The standard InChI is InChI=1S/C43H45FN12O4/c1-52-39(46-48-50-52)31-16-22-34(23-17-31)45-42(58)56(38-13-7-6-12-37(38)41(57)54-26-8-9-30(28-54)27-29-14-20-33(44)21-15-29)55(43(59)60-36-10-4-3-5-11-36)35-24-18-32(19-25-35)40-47-49-51-53(40)2/h3-5,10-11,14-25,30,37-38H,6-9,12-13,26-28H2,1-2H3,(H,45,58). The van der Waals surface area contributed by atoms with E-state index in [1.165, 1.54) is 26.8 Å². The van der Waals surface area contributed by atoms with E-state index in [9.17, 15) is 14.0 Å². The van der Waals surface area contributed by atoms with Crippen LogP contribution in [0.25, 0.3) is 22.8 Å².